The number of benzene rings is 1. The standard InChI is InChI=1S/C17H15N5/c1-3-14-13(9-19-10-20-14)17-21-15-7-4-11(18-2)8-16(15)22(17)12-5-6-12/h4,7-10,12H,3,5-6H2,1H3. The summed E-state index contributed by atoms with van der Waals surface area (Å²) in [4.78, 5) is 16.9. The maximum absolute atomic E-state index is 7.22. The van der Waals surface area contributed by atoms with Crippen LogP contribution >= 0.6 is 0 Å². The van der Waals surface area contributed by atoms with Crippen molar-refractivity contribution in [3.05, 3.63) is 47.8 Å². The third-order valence-electron chi connectivity index (χ3n) is 4.08. The zero-order valence-corrected chi connectivity index (χ0v) is 12.3. The molecule has 0 bridgehead atoms. The van der Waals surface area contributed by atoms with E-state index in [1.54, 1.807) is 6.33 Å². The highest BCUT2D eigenvalue weighted by Gasteiger charge is 2.29. The van der Waals surface area contributed by atoms with Gasteiger partial charge in [-0.15, -0.1) is 0 Å². The van der Waals surface area contributed by atoms with Gasteiger partial charge in [-0.25, -0.2) is 19.8 Å². The molecule has 0 atom stereocenters. The second-order valence-electron chi connectivity index (χ2n) is 5.56. The molecule has 2 heterocycles. The fourth-order valence-corrected chi connectivity index (χ4v) is 2.87. The van der Waals surface area contributed by atoms with Gasteiger partial charge in [-0.2, -0.15) is 0 Å². The highest BCUT2D eigenvalue weighted by Crippen LogP contribution is 2.42. The highest BCUT2D eigenvalue weighted by molar-refractivity contribution is 5.84. The first-order chi connectivity index (χ1) is 10.8. The van der Waals surface area contributed by atoms with Crippen LogP contribution in [0, 0.1) is 6.57 Å². The van der Waals surface area contributed by atoms with Crippen molar-refractivity contribution in [2.45, 2.75) is 32.2 Å². The lowest BCUT2D eigenvalue weighted by atomic mass is 10.2. The molecule has 22 heavy (non-hydrogen) atoms. The van der Waals surface area contributed by atoms with E-state index in [1.165, 1.54) is 0 Å². The molecule has 0 unspecified atom stereocenters. The van der Waals surface area contributed by atoms with E-state index in [-0.39, 0.29) is 0 Å². The van der Waals surface area contributed by atoms with Gasteiger partial charge < -0.3 is 4.57 Å². The molecule has 1 aliphatic carbocycles. The van der Waals surface area contributed by atoms with Gasteiger partial charge >= 0.3 is 0 Å². The molecule has 0 radical (unpaired) electrons. The molecule has 1 aromatic carbocycles. The molecule has 0 amide bonds. The fraction of sp³-hybridized carbons (Fsp3) is 0.294. The van der Waals surface area contributed by atoms with Crippen LogP contribution < -0.4 is 0 Å². The van der Waals surface area contributed by atoms with Crippen LogP contribution in [0.5, 0.6) is 0 Å². The molecular formula is C17H15N5. The Bertz CT molecular complexity index is 899. The number of imidazole rings is 1. The number of aromatic nitrogens is 4. The molecule has 0 aliphatic heterocycles. The van der Waals surface area contributed by atoms with Gasteiger partial charge in [0.1, 0.15) is 12.2 Å². The van der Waals surface area contributed by atoms with Crippen molar-refractivity contribution in [1.29, 1.82) is 0 Å². The van der Waals surface area contributed by atoms with E-state index in [0.717, 1.165) is 47.4 Å². The van der Waals surface area contributed by atoms with E-state index in [2.05, 4.69) is 26.3 Å². The summed E-state index contributed by atoms with van der Waals surface area (Å²) in [5.74, 6) is 0.928. The lowest BCUT2D eigenvalue weighted by molar-refractivity contribution is 0.772. The smallest absolute Gasteiger partial charge is 0.189 e. The SMILES string of the molecule is [C-]#[N+]c1ccc2nc(-c3cncnc3CC)n(C3CC3)c2c1. The van der Waals surface area contributed by atoms with Gasteiger partial charge in [-0.3, -0.25) is 0 Å². The fourth-order valence-electron chi connectivity index (χ4n) is 2.87. The maximum atomic E-state index is 7.22. The summed E-state index contributed by atoms with van der Waals surface area (Å²) in [5, 5.41) is 0. The molecule has 4 rings (SSSR count). The maximum Gasteiger partial charge on any atom is 0.189 e. The molecule has 5 nitrogen and oxygen atoms in total. The van der Waals surface area contributed by atoms with Gasteiger partial charge in [-0.05, 0) is 31.4 Å². The Labute approximate surface area is 128 Å². The molecule has 1 fully saturated rings. The van der Waals surface area contributed by atoms with Gasteiger partial charge in [-0.1, -0.05) is 13.0 Å². The summed E-state index contributed by atoms with van der Waals surface area (Å²) in [6, 6.07) is 6.17. The molecule has 3 aromatic rings. The van der Waals surface area contributed by atoms with E-state index in [0.29, 0.717) is 11.7 Å². The van der Waals surface area contributed by atoms with Crippen LogP contribution in [0.3, 0.4) is 0 Å². The van der Waals surface area contributed by atoms with Gasteiger partial charge in [0.05, 0.1) is 28.9 Å². The predicted molar refractivity (Wildman–Crippen MR) is 84.7 cm³/mol. The topological polar surface area (TPSA) is 48.0 Å². The summed E-state index contributed by atoms with van der Waals surface area (Å²) >= 11 is 0. The van der Waals surface area contributed by atoms with Crippen molar-refractivity contribution >= 4 is 16.7 Å². The van der Waals surface area contributed by atoms with Crippen LogP contribution in [-0.2, 0) is 6.42 Å². The van der Waals surface area contributed by atoms with Gasteiger partial charge in [0.2, 0.25) is 0 Å². The minimum Gasteiger partial charge on any atom is -0.322 e. The number of hydrogen-bond donors (Lipinski definition) is 0. The molecule has 5 heteroatoms. The van der Waals surface area contributed by atoms with Crippen molar-refractivity contribution in [1.82, 2.24) is 19.5 Å². The second-order valence-corrected chi connectivity index (χ2v) is 5.56. The average Bonchev–Trinajstić information content (AvgIpc) is 3.34. The third-order valence-corrected chi connectivity index (χ3v) is 4.08. The first-order valence-electron chi connectivity index (χ1n) is 7.50. The number of nitrogens with zero attached hydrogens (tertiary/aromatic N) is 5. The Morgan fingerprint density at radius 3 is 2.95 bits per heavy atom. The third kappa shape index (κ3) is 1.96. The average molecular weight is 289 g/mol. The minimum atomic E-state index is 0.478. The number of aryl methyl sites for hydroxylation is 1. The Morgan fingerprint density at radius 2 is 2.23 bits per heavy atom. The first-order valence-corrected chi connectivity index (χ1v) is 7.50. The molecule has 1 aliphatic rings. The Hall–Kier alpha value is -2.74. The van der Waals surface area contributed by atoms with E-state index >= 15 is 0 Å². The van der Waals surface area contributed by atoms with Crippen LogP contribution in [0.2, 0.25) is 0 Å². The molecule has 2 aromatic heterocycles. The summed E-state index contributed by atoms with van der Waals surface area (Å²) in [6.45, 7) is 9.31. The van der Waals surface area contributed by atoms with Crippen LogP contribution in [0.15, 0.2) is 30.7 Å². The van der Waals surface area contributed by atoms with E-state index in [9.17, 15) is 0 Å². The lowest BCUT2D eigenvalue weighted by Crippen LogP contribution is -2.01. The summed E-state index contributed by atoms with van der Waals surface area (Å²) in [7, 11) is 0. The number of fused-ring (bicyclic) bond motifs is 1. The van der Waals surface area contributed by atoms with Crippen LogP contribution in [-0.4, -0.2) is 19.5 Å². The molecule has 1 saturated carbocycles. The summed E-state index contributed by atoms with van der Waals surface area (Å²) in [5.41, 5.74) is 4.63. The lowest BCUT2D eigenvalue weighted by Gasteiger charge is -2.10. The van der Waals surface area contributed by atoms with Gasteiger partial charge in [0.25, 0.3) is 0 Å². The highest BCUT2D eigenvalue weighted by atomic mass is 15.1. The summed E-state index contributed by atoms with van der Waals surface area (Å²) in [6.07, 6.45) is 6.61. The van der Waals surface area contributed by atoms with Crippen molar-refractivity contribution in [2.24, 2.45) is 0 Å². The van der Waals surface area contributed by atoms with E-state index < -0.39 is 0 Å². The van der Waals surface area contributed by atoms with Gasteiger partial charge in [0.15, 0.2) is 5.69 Å². The molecule has 108 valence electrons. The largest absolute Gasteiger partial charge is 0.322 e. The minimum absolute atomic E-state index is 0.478. The number of rotatable bonds is 3. The Kier molecular flexibility index (Phi) is 2.90. The predicted octanol–water partition coefficient (Wildman–Crippen LogP) is 3.94. The quantitative estimate of drug-likeness (QED) is 0.686. The van der Waals surface area contributed by atoms with Gasteiger partial charge in [0, 0.05) is 12.2 Å². The van der Waals surface area contributed by atoms with Crippen molar-refractivity contribution in [2.75, 3.05) is 0 Å². The molecular weight excluding hydrogens is 274 g/mol. The Morgan fingerprint density at radius 1 is 1.36 bits per heavy atom. The Balaban J connectivity index is 2.01. The normalized spacial score (nSPS) is 14.2. The monoisotopic (exact) mass is 289 g/mol. The number of hydrogen-bond acceptors (Lipinski definition) is 3. The van der Waals surface area contributed by atoms with Crippen LogP contribution in [0.4, 0.5) is 5.69 Å². The first kappa shape index (κ1) is 13.0. The molecule has 0 N–H and O–H groups in total. The molecule has 0 spiro atoms. The van der Waals surface area contributed by atoms with E-state index in [1.807, 2.05) is 24.4 Å². The van der Waals surface area contributed by atoms with Crippen molar-refractivity contribution in [3.8, 4) is 11.4 Å². The zero-order chi connectivity index (χ0) is 15.1. The molecule has 0 saturated heterocycles. The van der Waals surface area contributed by atoms with Crippen LogP contribution in [0.1, 0.15) is 31.5 Å². The van der Waals surface area contributed by atoms with Crippen molar-refractivity contribution in [3.63, 3.8) is 0 Å². The van der Waals surface area contributed by atoms with E-state index in [4.69, 9.17) is 11.6 Å². The zero-order valence-electron chi connectivity index (χ0n) is 12.3. The second kappa shape index (κ2) is 4.92. The summed E-state index contributed by atoms with van der Waals surface area (Å²) < 4.78 is 2.27. The van der Waals surface area contributed by atoms with Crippen molar-refractivity contribution < 1.29 is 0 Å². The van der Waals surface area contributed by atoms with Crippen LogP contribution in [0.25, 0.3) is 27.3 Å².